The van der Waals surface area contributed by atoms with E-state index in [0.717, 1.165) is 5.56 Å². The van der Waals surface area contributed by atoms with Crippen molar-refractivity contribution in [1.82, 2.24) is 4.90 Å². The van der Waals surface area contributed by atoms with Crippen LogP contribution < -0.4 is 15.8 Å². The number of nitrogens with two attached hydrogens (primary N) is 1. The SMILES string of the molecule is CCOc1cc(C(=O)N(C)C)ccc1NC(=O)C(C)C(N)c1ccccc1. The van der Waals surface area contributed by atoms with Crippen molar-refractivity contribution in [3.05, 3.63) is 59.7 Å². The number of nitrogens with one attached hydrogen (secondary N) is 1. The molecule has 2 rings (SSSR count). The molecule has 0 aromatic heterocycles. The molecule has 144 valence electrons. The van der Waals surface area contributed by atoms with Crippen LogP contribution in [0.25, 0.3) is 0 Å². The van der Waals surface area contributed by atoms with Crippen molar-refractivity contribution in [3.8, 4) is 5.75 Å². The summed E-state index contributed by atoms with van der Waals surface area (Å²) in [5.41, 5.74) is 8.16. The molecule has 2 amide bonds. The fraction of sp³-hybridized carbons (Fsp3) is 0.333. The molecule has 0 bridgehead atoms. The molecule has 0 radical (unpaired) electrons. The Morgan fingerprint density at radius 1 is 1.15 bits per heavy atom. The van der Waals surface area contributed by atoms with Gasteiger partial charge in [0.05, 0.1) is 18.2 Å². The summed E-state index contributed by atoms with van der Waals surface area (Å²) in [6.45, 7) is 4.05. The second-order valence-corrected chi connectivity index (χ2v) is 6.56. The standard InChI is InChI=1S/C21H27N3O3/c1-5-27-18-13-16(21(26)24(3)4)11-12-17(18)23-20(25)14(2)19(22)15-9-7-6-8-10-15/h6-14,19H,5,22H2,1-4H3,(H,23,25). The molecule has 27 heavy (non-hydrogen) atoms. The summed E-state index contributed by atoms with van der Waals surface area (Å²) < 4.78 is 5.62. The van der Waals surface area contributed by atoms with Crippen molar-refractivity contribution in [2.24, 2.45) is 11.7 Å². The topological polar surface area (TPSA) is 84.7 Å². The number of hydrogen-bond acceptors (Lipinski definition) is 4. The van der Waals surface area contributed by atoms with E-state index in [-0.39, 0.29) is 11.8 Å². The molecule has 0 aliphatic carbocycles. The zero-order chi connectivity index (χ0) is 20.0. The summed E-state index contributed by atoms with van der Waals surface area (Å²) in [5, 5.41) is 2.87. The molecule has 0 saturated carbocycles. The highest BCUT2D eigenvalue weighted by Gasteiger charge is 2.23. The zero-order valence-electron chi connectivity index (χ0n) is 16.2. The molecule has 6 nitrogen and oxygen atoms in total. The van der Waals surface area contributed by atoms with Gasteiger partial charge < -0.3 is 20.7 Å². The normalized spacial score (nSPS) is 12.8. The number of rotatable bonds is 7. The quantitative estimate of drug-likeness (QED) is 0.785. The van der Waals surface area contributed by atoms with Crippen molar-refractivity contribution >= 4 is 17.5 Å². The van der Waals surface area contributed by atoms with E-state index < -0.39 is 12.0 Å². The van der Waals surface area contributed by atoms with Crippen LogP contribution in [0.5, 0.6) is 5.75 Å². The van der Waals surface area contributed by atoms with E-state index in [1.807, 2.05) is 37.3 Å². The largest absolute Gasteiger partial charge is 0.492 e. The fourth-order valence-electron chi connectivity index (χ4n) is 2.67. The van der Waals surface area contributed by atoms with Crippen LogP contribution in [0.4, 0.5) is 5.69 Å². The van der Waals surface area contributed by atoms with Crippen LogP contribution in [0, 0.1) is 5.92 Å². The minimum Gasteiger partial charge on any atom is -0.492 e. The Morgan fingerprint density at radius 2 is 1.81 bits per heavy atom. The predicted molar refractivity (Wildman–Crippen MR) is 107 cm³/mol. The number of benzene rings is 2. The summed E-state index contributed by atoms with van der Waals surface area (Å²) in [6.07, 6.45) is 0. The van der Waals surface area contributed by atoms with Crippen LogP contribution in [0.15, 0.2) is 48.5 Å². The van der Waals surface area contributed by atoms with Gasteiger partial charge in [0.1, 0.15) is 5.75 Å². The molecule has 0 aliphatic heterocycles. The van der Waals surface area contributed by atoms with Gasteiger partial charge in [0.25, 0.3) is 5.91 Å². The molecule has 6 heteroatoms. The monoisotopic (exact) mass is 369 g/mol. The lowest BCUT2D eigenvalue weighted by molar-refractivity contribution is -0.120. The van der Waals surface area contributed by atoms with Gasteiger partial charge in [0.2, 0.25) is 5.91 Å². The third-order valence-corrected chi connectivity index (χ3v) is 4.33. The Bertz CT molecular complexity index is 791. The van der Waals surface area contributed by atoms with Crippen molar-refractivity contribution < 1.29 is 14.3 Å². The first-order valence-corrected chi connectivity index (χ1v) is 8.95. The Hall–Kier alpha value is -2.86. The third-order valence-electron chi connectivity index (χ3n) is 4.33. The highest BCUT2D eigenvalue weighted by Crippen LogP contribution is 2.28. The molecule has 2 atom stereocenters. The van der Waals surface area contributed by atoms with Crippen LogP contribution in [0.2, 0.25) is 0 Å². The number of hydrogen-bond donors (Lipinski definition) is 2. The molecule has 2 aromatic carbocycles. The van der Waals surface area contributed by atoms with Crippen LogP contribution >= 0.6 is 0 Å². The van der Waals surface area contributed by atoms with Crippen LogP contribution in [-0.4, -0.2) is 37.4 Å². The Labute approximate surface area is 160 Å². The van der Waals surface area contributed by atoms with Crippen LogP contribution in [-0.2, 0) is 4.79 Å². The second kappa shape index (κ2) is 9.19. The zero-order valence-corrected chi connectivity index (χ0v) is 16.2. The maximum Gasteiger partial charge on any atom is 0.253 e. The minimum atomic E-state index is -0.440. The number of ether oxygens (including phenoxy) is 1. The van der Waals surface area contributed by atoms with Crippen molar-refractivity contribution in [2.75, 3.05) is 26.0 Å². The highest BCUT2D eigenvalue weighted by atomic mass is 16.5. The summed E-state index contributed by atoms with van der Waals surface area (Å²) >= 11 is 0. The summed E-state index contributed by atoms with van der Waals surface area (Å²) in [6, 6.07) is 14.1. The first-order chi connectivity index (χ1) is 12.8. The van der Waals surface area contributed by atoms with Gasteiger partial charge in [-0.15, -0.1) is 0 Å². The average molecular weight is 369 g/mol. The Balaban J connectivity index is 2.19. The third kappa shape index (κ3) is 5.08. The van der Waals surface area contributed by atoms with Gasteiger partial charge in [-0.2, -0.15) is 0 Å². The van der Waals surface area contributed by atoms with Crippen molar-refractivity contribution in [2.45, 2.75) is 19.9 Å². The molecule has 0 heterocycles. The molecule has 3 N–H and O–H groups in total. The Kier molecular flexibility index (Phi) is 6.96. The number of anilines is 1. The smallest absolute Gasteiger partial charge is 0.253 e. The molecule has 0 saturated heterocycles. The molecule has 2 unspecified atom stereocenters. The van der Waals surface area contributed by atoms with E-state index in [1.165, 1.54) is 4.90 Å². The first kappa shape index (κ1) is 20.5. The van der Waals surface area contributed by atoms with E-state index in [0.29, 0.717) is 23.6 Å². The molecule has 0 spiro atoms. The van der Waals surface area contributed by atoms with Crippen LogP contribution in [0.1, 0.15) is 35.8 Å². The van der Waals surface area contributed by atoms with E-state index >= 15 is 0 Å². The van der Waals surface area contributed by atoms with Crippen LogP contribution in [0.3, 0.4) is 0 Å². The van der Waals surface area contributed by atoms with Gasteiger partial charge in [0.15, 0.2) is 0 Å². The Morgan fingerprint density at radius 3 is 2.41 bits per heavy atom. The highest BCUT2D eigenvalue weighted by molar-refractivity contribution is 5.97. The molecular formula is C21H27N3O3. The average Bonchev–Trinajstić information content (AvgIpc) is 2.68. The van der Waals surface area contributed by atoms with Gasteiger partial charge >= 0.3 is 0 Å². The number of nitrogens with zero attached hydrogens (tertiary/aromatic N) is 1. The van der Waals surface area contributed by atoms with E-state index in [4.69, 9.17) is 10.5 Å². The minimum absolute atomic E-state index is 0.131. The molecule has 0 aliphatic rings. The summed E-state index contributed by atoms with van der Waals surface area (Å²) in [5.74, 6) is -0.323. The van der Waals surface area contributed by atoms with Gasteiger partial charge in [0, 0.05) is 25.7 Å². The maximum atomic E-state index is 12.7. The van der Waals surface area contributed by atoms with Gasteiger partial charge in [-0.05, 0) is 30.7 Å². The van der Waals surface area contributed by atoms with Crippen molar-refractivity contribution in [3.63, 3.8) is 0 Å². The maximum absolute atomic E-state index is 12.7. The first-order valence-electron chi connectivity index (χ1n) is 8.95. The van der Waals surface area contributed by atoms with E-state index in [1.54, 1.807) is 39.2 Å². The summed E-state index contributed by atoms with van der Waals surface area (Å²) in [7, 11) is 3.37. The molecule has 2 aromatic rings. The predicted octanol–water partition coefficient (Wildman–Crippen LogP) is 3.06. The van der Waals surface area contributed by atoms with E-state index in [2.05, 4.69) is 5.32 Å². The number of carbonyl (C=O) groups is 2. The molecular weight excluding hydrogens is 342 g/mol. The lowest BCUT2D eigenvalue weighted by atomic mass is 9.94. The van der Waals surface area contributed by atoms with E-state index in [9.17, 15) is 9.59 Å². The number of carbonyl (C=O) groups excluding carboxylic acids is 2. The molecule has 0 fully saturated rings. The number of amides is 2. The summed E-state index contributed by atoms with van der Waals surface area (Å²) in [4.78, 5) is 26.3. The van der Waals surface area contributed by atoms with Crippen molar-refractivity contribution in [1.29, 1.82) is 0 Å². The van der Waals surface area contributed by atoms with Gasteiger partial charge in [-0.1, -0.05) is 37.3 Å². The second-order valence-electron chi connectivity index (χ2n) is 6.56. The lowest BCUT2D eigenvalue weighted by Gasteiger charge is -2.21. The fourth-order valence-corrected chi connectivity index (χ4v) is 2.67. The lowest BCUT2D eigenvalue weighted by Crippen LogP contribution is -2.30. The van der Waals surface area contributed by atoms with Gasteiger partial charge in [-0.25, -0.2) is 0 Å². The van der Waals surface area contributed by atoms with Gasteiger partial charge in [-0.3, -0.25) is 9.59 Å².